The van der Waals surface area contributed by atoms with Gasteiger partial charge >= 0.3 is 6.03 Å². The second kappa shape index (κ2) is 11.6. The number of halogens is 4. The van der Waals surface area contributed by atoms with Gasteiger partial charge in [-0.2, -0.15) is 0 Å². The van der Waals surface area contributed by atoms with Crippen LogP contribution in [-0.4, -0.2) is 30.4 Å². The van der Waals surface area contributed by atoms with Crippen LogP contribution in [0.3, 0.4) is 0 Å². The first kappa shape index (κ1) is 27.7. The fraction of sp³-hybridized carbons (Fsp3) is 0.0769. The van der Waals surface area contributed by atoms with Gasteiger partial charge in [-0.1, -0.05) is 56.8 Å². The number of nitrogens with zero attached hydrogens (tertiary/aromatic N) is 1. The molecule has 1 heterocycles. The molecule has 5 amide bonds. The molecule has 2 N–H and O–H groups in total. The van der Waals surface area contributed by atoms with Gasteiger partial charge in [0.05, 0.1) is 15.7 Å². The number of benzene rings is 3. The zero-order valence-corrected chi connectivity index (χ0v) is 23.3. The summed E-state index contributed by atoms with van der Waals surface area (Å²) in [4.78, 5) is 51.6. The Hall–Kier alpha value is -3.37. The number of imide groups is 2. The second-order valence-electron chi connectivity index (χ2n) is 8.04. The van der Waals surface area contributed by atoms with Crippen LogP contribution in [0.2, 0.25) is 15.1 Å². The molecule has 1 saturated heterocycles. The van der Waals surface area contributed by atoms with Crippen LogP contribution in [0.4, 0.5) is 16.2 Å². The summed E-state index contributed by atoms with van der Waals surface area (Å²) in [5.41, 5.74) is 1.47. The van der Waals surface area contributed by atoms with Crippen LogP contribution in [-0.2, 0) is 14.4 Å². The van der Waals surface area contributed by atoms with Gasteiger partial charge in [0.2, 0.25) is 0 Å². The lowest BCUT2D eigenvalue weighted by atomic mass is 10.1. The fourth-order valence-corrected chi connectivity index (χ4v) is 4.30. The van der Waals surface area contributed by atoms with E-state index < -0.39 is 23.8 Å². The zero-order valence-electron chi connectivity index (χ0n) is 19.5. The third kappa shape index (κ3) is 6.19. The highest BCUT2D eigenvalue weighted by Gasteiger charge is 2.37. The number of carbonyl (C=O) groups excluding carboxylic acids is 4. The highest BCUT2D eigenvalue weighted by Crippen LogP contribution is 2.31. The van der Waals surface area contributed by atoms with E-state index in [1.165, 1.54) is 24.3 Å². The van der Waals surface area contributed by atoms with Gasteiger partial charge in [0.25, 0.3) is 17.7 Å². The molecule has 4 rings (SSSR count). The van der Waals surface area contributed by atoms with E-state index in [0.29, 0.717) is 20.7 Å². The highest BCUT2D eigenvalue weighted by molar-refractivity contribution is 9.10. The number of barbiturate groups is 1. The topological polar surface area (TPSA) is 105 Å². The Morgan fingerprint density at radius 1 is 1.00 bits per heavy atom. The van der Waals surface area contributed by atoms with Crippen LogP contribution < -0.4 is 20.3 Å². The molecule has 3 aromatic rings. The lowest BCUT2D eigenvalue weighted by Gasteiger charge is -2.26. The standard InChI is InChI=1S/C26H17BrCl3N3O5/c1-13-2-4-16(10-20(13)29)31-23(34)12-38-22-7-3-15(27)8-14(22)9-18-24(35)32-26(37)33(25(18)36)17-5-6-19(28)21(30)11-17/h2-11H,12H2,1H3,(H,31,34)(H,32,35,37)/b18-9-. The molecule has 1 aliphatic rings. The molecule has 1 aliphatic heterocycles. The number of urea groups is 1. The minimum atomic E-state index is -0.936. The molecule has 0 spiro atoms. The number of anilines is 2. The molecule has 194 valence electrons. The normalized spacial score (nSPS) is 14.5. The number of hydrogen-bond acceptors (Lipinski definition) is 5. The van der Waals surface area contributed by atoms with Gasteiger partial charge in [-0.15, -0.1) is 0 Å². The van der Waals surface area contributed by atoms with Gasteiger partial charge in [-0.3, -0.25) is 19.7 Å². The van der Waals surface area contributed by atoms with Crippen molar-refractivity contribution < 1.29 is 23.9 Å². The van der Waals surface area contributed by atoms with Crippen molar-refractivity contribution in [3.05, 3.63) is 90.8 Å². The molecule has 8 nitrogen and oxygen atoms in total. The largest absolute Gasteiger partial charge is 0.483 e. The van der Waals surface area contributed by atoms with E-state index in [0.717, 1.165) is 10.5 Å². The quantitative estimate of drug-likeness (QED) is 0.241. The zero-order chi connectivity index (χ0) is 27.6. The molecule has 0 atom stereocenters. The Balaban J connectivity index is 1.58. The van der Waals surface area contributed by atoms with E-state index in [9.17, 15) is 19.2 Å². The summed E-state index contributed by atoms with van der Waals surface area (Å²) in [7, 11) is 0. The molecular formula is C26H17BrCl3N3O5. The van der Waals surface area contributed by atoms with Crippen LogP contribution in [0.5, 0.6) is 5.75 Å². The van der Waals surface area contributed by atoms with E-state index in [-0.39, 0.29) is 33.7 Å². The van der Waals surface area contributed by atoms with E-state index in [1.54, 1.807) is 36.4 Å². The summed E-state index contributed by atoms with van der Waals surface area (Å²) in [6.07, 6.45) is 1.27. The number of rotatable bonds is 6. The minimum Gasteiger partial charge on any atom is -0.483 e. The van der Waals surface area contributed by atoms with Crippen molar-refractivity contribution in [1.82, 2.24) is 5.32 Å². The maximum absolute atomic E-state index is 13.2. The van der Waals surface area contributed by atoms with Crippen LogP contribution in [0.25, 0.3) is 6.08 Å². The predicted molar refractivity (Wildman–Crippen MR) is 150 cm³/mol. The van der Waals surface area contributed by atoms with Crippen molar-refractivity contribution in [2.75, 3.05) is 16.8 Å². The molecule has 3 aromatic carbocycles. The lowest BCUT2D eigenvalue weighted by molar-refractivity contribution is -0.122. The SMILES string of the molecule is Cc1ccc(NC(=O)COc2ccc(Br)cc2/C=C2/C(=O)NC(=O)N(c3ccc(Cl)c(Cl)c3)C2=O)cc1Cl. The van der Waals surface area contributed by atoms with Crippen molar-refractivity contribution >= 4 is 91.9 Å². The monoisotopic (exact) mass is 635 g/mol. The van der Waals surface area contributed by atoms with E-state index in [2.05, 4.69) is 26.6 Å². The molecule has 12 heteroatoms. The molecule has 1 fully saturated rings. The first-order chi connectivity index (χ1) is 18.0. The Morgan fingerprint density at radius 3 is 2.47 bits per heavy atom. The van der Waals surface area contributed by atoms with Gasteiger partial charge in [0.15, 0.2) is 6.61 Å². The molecule has 0 bridgehead atoms. The Kier molecular flexibility index (Phi) is 8.42. The number of aryl methyl sites for hydroxylation is 1. The van der Waals surface area contributed by atoms with Crippen LogP contribution in [0.15, 0.2) is 64.6 Å². The van der Waals surface area contributed by atoms with Gasteiger partial charge in [-0.25, -0.2) is 9.69 Å². The summed E-state index contributed by atoms with van der Waals surface area (Å²) in [5.74, 6) is -2.00. The molecule has 38 heavy (non-hydrogen) atoms. The Labute approximate surface area is 240 Å². The first-order valence-electron chi connectivity index (χ1n) is 10.9. The van der Waals surface area contributed by atoms with Gasteiger partial charge in [-0.05, 0) is 67.1 Å². The van der Waals surface area contributed by atoms with Crippen molar-refractivity contribution in [3.8, 4) is 5.75 Å². The number of ether oxygens (including phenoxy) is 1. The van der Waals surface area contributed by atoms with Crippen molar-refractivity contribution in [3.63, 3.8) is 0 Å². The molecule has 0 unspecified atom stereocenters. The summed E-state index contributed by atoms with van der Waals surface area (Å²) in [5, 5.41) is 5.69. The maximum atomic E-state index is 13.2. The summed E-state index contributed by atoms with van der Waals surface area (Å²) >= 11 is 21.4. The van der Waals surface area contributed by atoms with Crippen molar-refractivity contribution in [2.24, 2.45) is 0 Å². The number of hydrogen-bond donors (Lipinski definition) is 2. The van der Waals surface area contributed by atoms with E-state index in [1.807, 2.05) is 6.92 Å². The van der Waals surface area contributed by atoms with E-state index in [4.69, 9.17) is 39.5 Å². The third-order valence-electron chi connectivity index (χ3n) is 5.35. The smallest absolute Gasteiger partial charge is 0.335 e. The van der Waals surface area contributed by atoms with E-state index >= 15 is 0 Å². The average Bonchev–Trinajstić information content (AvgIpc) is 2.85. The lowest BCUT2D eigenvalue weighted by Crippen LogP contribution is -2.54. The molecule has 0 aromatic heterocycles. The molecule has 0 aliphatic carbocycles. The summed E-state index contributed by atoms with van der Waals surface area (Å²) in [6.45, 7) is 1.48. The van der Waals surface area contributed by atoms with Crippen molar-refractivity contribution in [2.45, 2.75) is 6.92 Å². The Morgan fingerprint density at radius 2 is 1.76 bits per heavy atom. The van der Waals surface area contributed by atoms with Crippen LogP contribution in [0, 0.1) is 6.92 Å². The number of nitrogens with one attached hydrogen (secondary N) is 2. The van der Waals surface area contributed by atoms with Crippen molar-refractivity contribution in [1.29, 1.82) is 0 Å². The average molecular weight is 638 g/mol. The molecular weight excluding hydrogens is 621 g/mol. The number of amides is 5. The third-order valence-corrected chi connectivity index (χ3v) is 6.99. The van der Waals surface area contributed by atoms with Gasteiger partial charge < -0.3 is 10.1 Å². The Bertz CT molecular complexity index is 1530. The highest BCUT2D eigenvalue weighted by atomic mass is 79.9. The van der Waals surface area contributed by atoms with Crippen LogP contribution >= 0.6 is 50.7 Å². The summed E-state index contributed by atoms with van der Waals surface area (Å²) in [6, 6.07) is 13.2. The number of carbonyl (C=O) groups is 4. The maximum Gasteiger partial charge on any atom is 0.335 e. The van der Waals surface area contributed by atoms with Gasteiger partial charge in [0.1, 0.15) is 11.3 Å². The van der Waals surface area contributed by atoms with Gasteiger partial charge in [0, 0.05) is 20.7 Å². The molecule has 0 saturated carbocycles. The van der Waals surface area contributed by atoms with Crippen LogP contribution in [0.1, 0.15) is 11.1 Å². The fourth-order valence-electron chi connectivity index (χ4n) is 3.45. The minimum absolute atomic E-state index is 0.124. The first-order valence-corrected chi connectivity index (χ1v) is 12.8. The second-order valence-corrected chi connectivity index (χ2v) is 10.2. The molecule has 0 radical (unpaired) electrons. The summed E-state index contributed by atoms with van der Waals surface area (Å²) < 4.78 is 6.31. The predicted octanol–water partition coefficient (Wildman–Crippen LogP) is 6.40.